The molecule has 166 valence electrons. The molecule has 0 aliphatic heterocycles. The lowest BCUT2D eigenvalue weighted by atomic mass is 10.2. The topological polar surface area (TPSA) is 95.6 Å². The molecule has 0 unspecified atom stereocenters. The van der Waals surface area contributed by atoms with E-state index >= 15 is 0 Å². The standard InChI is InChI=1S/C23H22ClN3O4S/c1-16-6-12-22(13-7-16)32(30,31)27(21-5-3-4-18(24)14-21)15-23(29)26-20-10-8-19(9-11-20)25-17(2)28/h3-14H,15H2,1-2H3,(H,25,28)(H,26,29). The van der Waals surface area contributed by atoms with Gasteiger partial charge in [0.2, 0.25) is 11.8 Å². The van der Waals surface area contributed by atoms with Gasteiger partial charge in [-0.2, -0.15) is 0 Å². The van der Waals surface area contributed by atoms with Gasteiger partial charge in [0.05, 0.1) is 10.6 Å². The lowest BCUT2D eigenvalue weighted by Gasteiger charge is -2.24. The van der Waals surface area contributed by atoms with Crippen molar-refractivity contribution < 1.29 is 18.0 Å². The molecule has 0 spiro atoms. The molecule has 0 atom stereocenters. The summed E-state index contributed by atoms with van der Waals surface area (Å²) in [6.07, 6.45) is 0. The number of nitrogens with zero attached hydrogens (tertiary/aromatic N) is 1. The van der Waals surface area contributed by atoms with E-state index < -0.39 is 22.5 Å². The van der Waals surface area contributed by atoms with Crippen LogP contribution in [0.3, 0.4) is 0 Å². The van der Waals surface area contributed by atoms with Crippen LogP contribution in [0, 0.1) is 6.92 Å². The maximum Gasteiger partial charge on any atom is 0.264 e. The highest BCUT2D eigenvalue weighted by molar-refractivity contribution is 7.92. The van der Waals surface area contributed by atoms with Crippen molar-refractivity contribution in [2.45, 2.75) is 18.7 Å². The molecule has 0 fully saturated rings. The first-order valence-electron chi connectivity index (χ1n) is 9.67. The van der Waals surface area contributed by atoms with Crippen molar-refractivity contribution >= 4 is 50.5 Å². The summed E-state index contributed by atoms with van der Waals surface area (Å²) >= 11 is 6.07. The molecule has 0 saturated heterocycles. The summed E-state index contributed by atoms with van der Waals surface area (Å²) in [4.78, 5) is 24.0. The van der Waals surface area contributed by atoms with Crippen molar-refractivity contribution in [2.24, 2.45) is 0 Å². The Morgan fingerprint density at radius 3 is 2.06 bits per heavy atom. The van der Waals surface area contributed by atoms with Gasteiger partial charge >= 0.3 is 0 Å². The average Bonchev–Trinajstić information content (AvgIpc) is 2.73. The van der Waals surface area contributed by atoms with Gasteiger partial charge in [-0.05, 0) is 61.5 Å². The molecule has 0 heterocycles. The van der Waals surface area contributed by atoms with E-state index in [2.05, 4.69) is 10.6 Å². The molecule has 3 aromatic carbocycles. The van der Waals surface area contributed by atoms with Gasteiger partial charge < -0.3 is 10.6 Å². The highest BCUT2D eigenvalue weighted by atomic mass is 35.5. The Hall–Kier alpha value is -3.36. The van der Waals surface area contributed by atoms with Gasteiger partial charge in [-0.15, -0.1) is 0 Å². The summed E-state index contributed by atoms with van der Waals surface area (Å²) in [6, 6.07) is 19.2. The van der Waals surface area contributed by atoms with E-state index in [-0.39, 0.29) is 16.5 Å². The molecule has 3 aromatic rings. The minimum Gasteiger partial charge on any atom is -0.326 e. The molecule has 9 heteroatoms. The Labute approximate surface area is 192 Å². The van der Waals surface area contributed by atoms with Crippen LogP contribution in [-0.4, -0.2) is 26.8 Å². The number of anilines is 3. The van der Waals surface area contributed by atoms with Gasteiger partial charge in [0.1, 0.15) is 6.54 Å². The molecule has 2 N–H and O–H groups in total. The molecule has 2 amide bonds. The number of rotatable bonds is 7. The van der Waals surface area contributed by atoms with Gasteiger partial charge in [-0.1, -0.05) is 35.4 Å². The predicted octanol–water partition coefficient (Wildman–Crippen LogP) is 4.44. The van der Waals surface area contributed by atoms with Crippen LogP contribution >= 0.6 is 11.6 Å². The number of benzene rings is 3. The molecule has 0 aliphatic carbocycles. The van der Waals surface area contributed by atoms with Crippen molar-refractivity contribution in [3.63, 3.8) is 0 Å². The van der Waals surface area contributed by atoms with Gasteiger partial charge in [0, 0.05) is 23.3 Å². The van der Waals surface area contributed by atoms with Crippen LogP contribution in [0.25, 0.3) is 0 Å². The Morgan fingerprint density at radius 1 is 0.906 bits per heavy atom. The summed E-state index contributed by atoms with van der Waals surface area (Å²) in [6.45, 7) is 2.80. The van der Waals surface area contributed by atoms with Crippen molar-refractivity contribution in [1.82, 2.24) is 0 Å². The van der Waals surface area contributed by atoms with Crippen LogP contribution in [0.15, 0.2) is 77.7 Å². The Kier molecular flexibility index (Phi) is 7.17. The monoisotopic (exact) mass is 471 g/mol. The molecule has 0 bridgehead atoms. The van der Waals surface area contributed by atoms with Crippen LogP contribution in [-0.2, 0) is 19.6 Å². The number of aryl methyl sites for hydroxylation is 1. The second kappa shape index (κ2) is 9.84. The maximum atomic E-state index is 13.4. The zero-order valence-electron chi connectivity index (χ0n) is 17.5. The summed E-state index contributed by atoms with van der Waals surface area (Å²) < 4.78 is 27.7. The molecule has 3 rings (SSSR count). The molecule has 32 heavy (non-hydrogen) atoms. The highest BCUT2D eigenvalue weighted by Crippen LogP contribution is 2.26. The molecule has 0 aromatic heterocycles. The van der Waals surface area contributed by atoms with Gasteiger partial charge in [-0.25, -0.2) is 8.42 Å². The number of hydrogen-bond acceptors (Lipinski definition) is 4. The minimum absolute atomic E-state index is 0.0653. The Morgan fingerprint density at radius 2 is 1.50 bits per heavy atom. The average molecular weight is 472 g/mol. The molecular formula is C23H22ClN3O4S. The smallest absolute Gasteiger partial charge is 0.264 e. The van der Waals surface area contributed by atoms with E-state index in [9.17, 15) is 18.0 Å². The van der Waals surface area contributed by atoms with Crippen molar-refractivity contribution in [1.29, 1.82) is 0 Å². The number of halogens is 1. The number of carbonyl (C=O) groups is 2. The second-order valence-electron chi connectivity index (χ2n) is 7.11. The van der Waals surface area contributed by atoms with Crippen LogP contribution in [0.1, 0.15) is 12.5 Å². The van der Waals surface area contributed by atoms with Crippen molar-refractivity contribution in [3.8, 4) is 0 Å². The third-order valence-corrected chi connectivity index (χ3v) is 6.50. The summed E-state index contributed by atoms with van der Waals surface area (Å²) in [5.41, 5.74) is 2.23. The Balaban J connectivity index is 1.86. The fraction of sp³-hybridized carbons (Fsp3) is 0.130. The lowest BCUT2D eigenvalue weighted by molar-refractivity contribution is -0.115. The normalized spacial score (nSPS) is 11.0. The zero-order valence-corrected chi connectivity index (χ0v) is 19.1. The maximum absolute atomic E-state index is 13.4. The molecule has 0 radical (unpaired) electrons. The fourth-order valence-electron chi connectivity index (χ4n) is 2.95. The largest absolute Gasteiger partial charge is 0.326 e. The van der Waals surface area contributed by atoms with Gasteiger partial charge in [-0.3, -0.25) is 13.9 Å². The zero-order chi connectivity index (χ0) is 23.3. The number of amides is 2. The minimum atomic E-state index is -4.03. The van der Waals surface area contributed by atoms with E-state index in [1.807, 2.05) is 6.92 Å². The number of carbonyl (C=O) groups excluding carboxylic acids is 2. The van der Waals surface area contributed by atoms with Crippen LogP contribution < -0.4 is 14.9 Å². The molecule has 0 saturated carbocycles. The first kappa shape index (κ1) is 23.3. The fourth-order valence-corrected chi connectivity index (χ4v) is 4.55. The highest BCUT2D eigenvalue weighted by Gasteiger charge is 2.27. The number of nitrogens with one attached hydrogen (secondary N) is 2. The second-order valence-corrected chi connectivity index (χ2v) is 9.41. The van der Waals surface area contributed by atoms with E-state index in [1.54, 1.807) is 54.6 Å². The van der Waals surface area contributed by atoms with E-state index in [4.69, 9.17) is 11.6 Å². The first-order valence-corrected chi connectivity index (χ1v) is 11.5. The summed E-state index contributed by atoms with van der Waals surface area (Å²) in [5, 5.41) is 5.66. The quantitative estimate of drug-likeness (QED) is 0.532. The van der Waals surface area contributed by atoms with E-state index in [0.717, 1.165) is 9.87 Å². The van der Waals surface area contributed by atoms with Crippen molar-refractivity contribution in [2.75, 3.05) is 21.5 Å². The third kappa shape index (κ3) is 5.87. The van der Waals surface area contributed by atoms with Crippen LogP contribution in [0.2, 0.25) is 5.02 Å². The van der Waals surface area contributed by atoms with Crippen LogP contribution in [0.5, 0.6) is 0 Å². The number of sulfonamides is 1. The SMILES string of the molecule is CC(=O)Nc1ccc(NC(=O)CN(c2cccc(Cl)c2)S(=O)(=O)c2ccc(C)cc2)cc1. The van der Waals surface area contributed by atoms with E-state index in [0.29, 0.717) is 16.4 Å². The number of hydrogen-bond donors (Lipinski definition) is 2. The molecule has 7 nitrogen and oxygen atoms in total. The van der Waals surface area contributed by atoms with Gasteiger partial charge in [0.15, 0.2) is 0 Å². The molecular weight excluding hydrogens is 450 g/mol. The summed E-state index contributed by atoms with van der Waals surface area (Å²) in [5.74, 6) is -0.742. The van der Waals surface area contributed by atoms with Crippen molar-refractivity contribution in [3.05, 3.63) is 83.4 Å². The molecule has 0 aliphatic rings. The third-order valence-electron chi connectivity index (χ3n) is 4.48. The van der Waals surface area contributed by atoms with E-state index in [1.165, 1.54) is 25.1 Å². The van der Waals surface area contributed by atoms with Crippen LogP contribution in [0.4, 0.5) is 17.1 Å². The predicted molar refractivity (Wildman–Crippen MR) is 127 cm³/mol. The lowest BCUT2D eigenvalue weighted by Crippen LogP contribution is -2.38. The first-order chi connectivity index (χ1) is 15.1. The van der Waals surface area contributed by atoms with Gasteiger partial charge in [0.25, 0.3) is 10.0 Å². The summed E-state index contributed by atoms with van der Waals surface area (Å²) in [7, 11) is -4.03. The Bertz CT molecular complexity index is 1230.